The second-order valence-corrected chi connectivity index (χ2v) is 5.39. The number of aliphatic imine (C=N–C) groups is 1. The van der Waals surface area contributed by atoms with Crippen molar-refractivity contribution in [3.8, 4) is 0 Å². The van der Waals surface area contributed by atoms with E-state index in [0.717, 1.165) is 40.0 Å². The second-order valence-electron chi connectivity index (χ2n) is 5.00. The molecule has 0 saturated carbocycles. The highest BCUT2D eigenvalue weighted by molar-refractivity contribution is 6.29. The van der Waals surface area contributed by atoms with Crippen LogP contribution < -0.4 is 0 Å². The summed E-state index contributed by atoms with van der Waals surface area (Å²) in [7, 11) is 0. The zero-order chi connectivity index (χ0) is 14.4. The fourth-order valence-corrected chi connectivity index (χ4v) is 2.92. The molecule has 0 unspecified atom stereocenters. The molecule has 2 aromatic heterocycles. The molecule has 3 nitrogen and oxygen atoms in total. The molecule has 4 rings (SSSR count). The van der Waals surface area contributed by atoms with Crippen molar-refractivity contribution in [2.75, 3.05) is 6.54 Å². The second kappa shape index (κ2) is 4.67. The monoisotopic (exact) mass is 299 g/mol. The van der Waals surface area contributed by atoms with Crippen LogP contribution in [0.3, 0.4) is 0 Å². The Balaban J connectivity index is 1.94. The van der Waals surface area contributed by atoms with Gasteiger partial charge >= 0.3 is 0 Å². The Morgan fingerprint density at radius 2 is 2.10 bits per heavy atom. The van der Waals surface area contributed by atoms with Gasteiger partial charge in [0.25, 0.3) is 0 Å². The third-order valence-electron chi connectivity index (χ3n) is 3.68. The first-order chi connectivity index (χ1) is 10.2. The Bertz CT molecular complexity index is 882. The van der Waals surface area contributed by atoms with E-state index in [0.29, 0.717) is 11.7 Å². The zero-order valence-corrected chi connectivity index (χ0v) is 11.8. The zero-order valence-electron chi connectivity index (χ0n) is 11.0. The minimum Gasteiger partial charge on any atom is -0.352 e. The number of hydrogen-bond donors (Lipinski definition) is 1. The highest BCUT2D eigenvalue weighted by atomic mass is 35.5. The molecular formula is C16H11ClFN3. The normalized spacial score (nSPS) is 14.1. The number of fused-ring (bicyclic) bond motifs is 3. The van der Waals surface area contributed by atoms with Gasteiger partial charge in [0.2, 0.25) is 0 Å². The Hall–Kier alpha value is -2.20. The standard InChI is InChI=1S/C16H11ClFN3/c17-13-5-4-12-15(21-13)11-6-7-19-14(16(11)20-12)9-2-1-3-10(18)8-9/h1-5,8,20H,6-7H2. The fourth-order valence-electron chi connectivity index (χ4n) is 2.77. The molecule has 5 heteroatoms. The van der Waals surface area contributed by atoms with Crippen molar-refractivity contribution in [3.05, 3.63) is 64.2 Å². The number of aromatic nitrogens is 2. The molecule has 0 atom stereocenters. The molecule has 1 aliphatic heterocycles. The summed E-state index contributed by atoms with van der Waals surface area (Å²) in [6, 6.07) is 10.2. The molecule has 3 aromatic rings. The number of hydrogen-bond acceptors (Lipinski definition) is 2. The number of pyridine rings is 1. The van der Waals surface area contributed by atoms with Crippen LogP contribution in [0.5, 0.6) is 0 Å². The van der Waals surface area contributed by atoms with E-state index in [2.05, 4.69) is 15.0 Å². The smallest absolute Gasteiger partial charge is 0.129 e. The summed E-state index contributed by atoms with van der Waals surface area (Å²) in [6.07, 6.45) is 0.807. The van der Waals surface area contributed by atoms with Crippen LogP contribution in [-0.2, 0) is 6.42 Å². The minimum absolute atomic E-state index is 0.264. The molecule has 1 N–H and O–H groups in total. The van der Waals surface area contributed by atoms with Crippen molar-refractivity contribution in [2.24, 2.45) is 4.99 Å². The van der Waals surface area contributed by atoms with Crippen LogP contribution in [-0.4, -0.2) is 22.2 Å². The average Bonchev–Trinajstić information content (AvgIpc) is 2.85. The van der Waals surface area contributed by atoms with Crippen molar-refractivity contribution in [1.29, 1.82) is 0 Å². The van der Waals surface area contributed by atoms with E-state index in [4.69, 9.17) is 11.6 Å². The fraction of sp³-hybridized carbons (Fsp3) is 0.125. The van der Waals surface area contributed by atoms with Gasteiger partial charge in [0.15, 0.2) is 0 Å². The van der Waals surface area contributed by atoms with Crippen LogP contribution in [0.1, 0.15) is 16.8 Å². The van der Waals surface area contributed by atoms with E-state index in [1.54, 1.807) is 12.1 Å². The number of rotatable bonds is 1. The van der Waals surface area contributed by atoms with Crippen LogP contribution in [0.4, 0.5) is 4.39 Å². The molecule has 0 saturated heterocycles. The summed E-state index contributed by atoms with van der Waals surface area (Å²) < 4.78 is 13.5. The molecule has 3 heterocycles. The van der Waals surface area contributed by atoms with Gasteiger partial charge in [-0.05, 0) is 30.7 Å². The maximum absolute atomic E-state index is 13.5. The van der Waals surface area contributed by atoms with Gasteiger partial charge in [-0.2, -0.15) is 0 Å². The van der Waals surface area contributed by atoms with Gasteiger partial charge in [0.1, 0.15) is 11.0 Å². The Labute approximate surface area is 125 Å². The lowest BCUT2D eigenvalue weighted by molar-refractivity contribution is 0.627. The van der Waals surface area contributed by atoms with Crippen LogP contribution in [0.25, 0.3) is 11.0 Å². The predicted molar refractivity (Wildman–Crippen MR) is 81.7 cm³/mol. The maximum atomic E-state index is 13.5. The van der Waals surface area contributed by atoms with E-state index in [1.807, 2.05) is 12.1 Å². The SMILES string of the molecule is Fc1cccc(C2=NCCc3c2[nH]c2ccc(Cl)nc32)c1. The number of H-pyrrole nitrogens is 1. The lowest BCUT2D eigenvalue weighted by atomic mass is 9.99. The number of aromatic amines is 1. The number of benzene rings is 1. The number of nitrogens with zero attached hydrogens (tertiary/aromatic N) is 2. The van der Waals surface area contributed by atoms with E-state index >= 15 is 0 Å². The first-order valence-electron chi connectivity index (χ1n) is 6.70. The van der Waals surface area contributed by atoms with Crippen LogP contribution in [0, 0.1) is 5.82 Å². The lowest BCUT2D eigenvalue weighted by Gasteiger charge is -2.13. The molecule has 1 aliphatic rings. The lowest BCUT2D eigenvalue weighted by Crippen LogP contribution is -2.13. The largest absolute Gasteiger partial charge is 0.352 e. The molecule has 0 bridgehead atoms. The summed E-state index contributed by atoms with van der Waals surface area (Å²) >= 11 is 5.99. The number of nitrogens with one attached hydrogen (secondary N) is 1. The molecular weight excluding hydrogens is 289 g/mol. The van der Waals surface area contributed by atoms with E-state index < -0.39 is 0 Å². The van der Waals surface area contributed by atoms with Crippen molar-refractivity contribution in [1.82, 2.24) is 9.97 Å². The van der Waals surface area contributed by atoms with Crippen molar-refractivity contribution in [3.63, 3.8) is 0 Å². The highest BCUT2D eigenvalue weighted by Crippen LogP contribution is 2.28. The van der Waals surface area contributed by atoms with Gasteiger partial charge in [-0.15, -0.1) is 0 Å². The van der Waals surface area contributed by atoms with Gasteiger partial charge in [0, 0.05) is 17.7 Å². The van der Waals surface area contributed by atoms with Gasteiger partial charge in [0.05, 0.1) is 22.4 Å². The average molecular weight is 300 g/mol. The molecule has 0 radical (unpaired) electrons. The molecule has 0 aliphatic carbocycles. The molecule has 0 fully saturated rings. The number of halogens is 2. The third-order valence-corrected chi connectivity index (χ3v) is 3.89. The predicted octanol–water partition coefficient (Wildman–Crippen LogP) is 3.75. The van der Waals surface area contributed by atoms with Crippen molar-refractivity contribution < 1.29 is 4.39 Å². The van der Waals surface area contributed by atoms with E-state index in [9.17, 15) is 4.39 Å². The summed E-state index contributed by atoms with van der Waals surface area (Å²) in [4.78, 5) is 12.3. The highest BCUT2D eigenvalue weighted by Gasteiger charge is 2.21. The Morgan fingerprint density at radius 1 is 1.19 bits per heavy atom. The van der Waals surface area contributed by atoms with Crippen LogP contribution >= 0.6 is 11.6 Å². The van der Waals surface area contributed by atoms with Gasteiger partial charge in [-0.3, -0.25) is 4.99 Å². The molecule has 1 aromatic carbocycles. The topological polar surface area (TPSA) is 41.0 Å². The molecule has 104 valence electrons. The molecule has 0 amide bonds. The molecule has 0 spiro atoms. The maximum Gasteiger partial charge on any atom is 0.129 e. The van der Waals surface area contributed by atoms with Gasteiger partial charge < -0.3 is 4.98 Å². The first kappa shape index (κ1) is 12.5. The minimum atomic E-state index is -0.264. The molecule has 21 heavy (non-hydrogen) atoms. The van der Waals surface area contributed by atoms with E-state index in [-0.39, 0.29) is 5.82 Å². The van der Waals surface area contributed by atoms with Crippen molar-refractivity contribution in [2.45, 2.75) is 6.42 Å². The quantitative estimate of drug-likeness (QED) is 0.683. The van der Waals surface area contributed by atoms with Crippen molar-refractivity contribution >= 4 is 28.3 Å². The summed E-state index contributed by atoms with van der Waals surface area (Å²) in [6.45, 7) is 0.667. The van der Waals surface area contributed by atoms with Gasteiger partial charge in [-0.25, -0.2) is 9.37 Å². The van der Waals surface area contributed by atoms with E-state index in [1.165, 1.54) is 12.1 Å². The summed E-state index contributed by atoms with van der Waals surface area (Å²) in [5.74, 6) is -0.264. The van der Waals surface area contributed by atoms with Gasteiger partial charge in [-0.1, -0.05) is 23.7 Å². The summed E-state index contributed by atoms with van der Waals surface area (Å²) in [5.41, 5.74) is 5.37. The third kappa shape index (κ3) is 2.03. The summed E-state index contributed by atoms with van der Waals surface area (Å²) in [5, 5.41) is 0.471. The Morgan fingerprint density at radius 3 is 2.95 bits per heavy atom. The Kier molecular flexibility index (Phi) is 2.79. The van der Waals surface area contributed by atoms with Crippen LogP contribution in [0.2, 0.25) is 5.15 Å². The first-order valence-corrected chi connectivity index (χ1v) is 7.08. The van der Waals surface area contributed by atoms with Crippen LogP contribution in [0.15, 0.2) is 41.4 Å².